The van der Waals surface area contributed by atoms with Crippen molar-refractivity contribution in [2.45, 2.75) is 188 Å². The van der Waals surface area contributed by atoms with Crippen LogP contribution in [-0.2, 0) is 28.6 Å². The molecule has 0 rings (SSSR count). The van der Waals surface area contributed by atoms with Crippen LogP contribution in [0.2, 0.25) is 0 Å². The minimum atomic E-state index is -3.57. The highest BCUT2D eigenvalue weighted by Crippen LogP contribution is 2.28. The van der Waals surface area contributed by atoms with Crippen LogP contribution in [0.5, 0.6) is 0 Å². The molecular weight excluding hydrogens is 690 g/mol. The average molecular weight is 766 g/mol. The number of ether oxygens (including phenoxy) is 3. The van der Waals surface area contributed by atoms with Gasteiger partial charge in [-0.25, -0.2) is 9.59 Å². The van der Waals surface area contributed by atoms with Crippen LogP contribution in [0.25, 0.3) is 0 Å². The second-order valence-electron chi connectivity index (χ2n) is 16.4. The summed E-state index contributed by atoms with van der Waals surface area (Å²) in [5.41, 5.74) is 0.836. The number of hydrogen-bond donors (Lipinski definition) is 0. The van der Waals surface area contributed by atoms with E-state index in [1.165, 1.54) is 6.26 Å². The monoisotopic (exact) mass is 766 g/mol. The van der Waals surface area contributed by atoms with Crippen LogP contribution >= 0.6 is 0 Å². The van der Waals surface area contributed by atoms with Crippen molar-refractivity contribution in [2.24, 2.45) is 23.7 Å². The molecule has 0 aliphatic rings. The quantitative estimate of drug-likeness (QED) is 0.0222. The number of halogens is 4. The van der Waals surface area contributed by atoms with Gasteiger partial charge in [0.1, 0.15) is 6.10 Å². The summed E-state index contributed by atoms with van der Waals surface area (Å²) in [5, 5.41) is 0. The maximum atomic E-state index is 14.5. The number of alkyl halides is 4. The van der Waals surface area contributed by atoms with Gasteiger partial charge in [-0.05, 0) is 114 Å². The van der Waals surface area contributed by atoms with E-state index in [9.17, 15) is 31.9 Å². The van der Waals surface area contributed by atoms with Gasteiger partial charge in [-0.15, -0.1) is 0 Å². The first-order valence-corrected chi connectivity index (χ1v) is 20.5. The van der Waals surface area contributed by atoms with E-state index in [2.05, 4.69) is 27.7 Å². The summed E-state index contributed by atoms with van der Waals surface area (Å²) in [5.74, 6) is -9.23. The third-order valence-electron chi connectivity index (χ3n) is 9.66. The van der Waals surface area contributed by atoms with Crippen molar-refractivity contribution < 1.29 is 46.2 Å². The van der Waals surface area contributed by atoms with Crippen LogP contribution < -0.4 is 0 Å². The molecule has 11 heteroatoms. The molecule has 0 bridgehead atoms. The van der Waals surface area contributed by atoms with E-state index in [0.717, 1.165) is 37.8 Å². The molecule has 0 spiro atoms. The van der Waals surface area contributed by atoms with Crippen LogP contribution in [0.4, 0.5) is 17.6 Å². The summed E-state index contributed by atoms with van der Waals surface area (Å²) in [6.07, 6.45) is 9.83. The number of hydrogen-bond acceptors (Lipinski definition) is 7. The Hall–Kier alpha value is -2.17. The molecule has 53 heavy (non-hydrogen) atoms. The topological polar surface area (TPSA) is 82.1 Å². The van der Waals surface area contributed by atoms with E-state index in [0.29, 0.717) is 76.0 Å². The maximum Gasteiger partial charge on any atom is 0.381 e. The molecule has 0 radical (unpaired) electrons. The summed E-state index contributed by atoms with van der Waals surface area (Å²) in [6, 6.07) is 0. The Kier molecular flexibility index (Phi) is 27.1. The minimum Gasteiger partial charge on any atom is -0.462 e. The molecule has 0 saturated carbocycles. The number of allylic oxidation sites excluding steroid dienone is 1. The summed E-state index contributed by atoms with van der Waals surface area (Å²) < 4.78 is 73.8. The van der Waals surface area contributed by atoms with Crippen molar-refractivity contribution in [3.8, 4) is 0 Å². The fourth-order valence-electron chi connectivity index (χ4n) is 5.82. The van der Waals surface area contributed by atoms with Crippen molar-refractivity contribution in [1.82, 2.24) is 4.90 Å². The fourth-order valence-corrected chi connectivity index (χ4v) is 5.82. The molecule has 2 atom stereocenters. The Balaban J connectivity index is 4.77. The molecule has 0 aliphatic carbocycles. The van der Waals surface area contributed by atoms with Crippen LogP contribution in [0.15, 0.2) is 11.8 Å². The second-order valence-corrected chi connectivity index (χ2v) is 16.4. The second kappa shape index (κ2) is 28.3. The van der Waals surface area contributed by atoms with E-state index in [1.54, 1.807) is 0 Å². The normalized spacial score (nSPS) is 13.9. The number of esters is 3. The summed E-state index contributed by atoms with van der Waals surface area (Å²) >= 11 is 0. The SMILES string of the molecule is CCC(CCC(C)C)COC(=O)C(F)(F)CCCCCCC(CCCCCCC(F)(F)C(=O)O/C=C(/CCC(C)C)C(C)C)OC(=O)CCCN(C)C. The zero-order valence-corrected chi connectivity index (χ0v) is 34.7. The van der Waals surface area contributed by atoms with Crippen molar-refractivity contribution >= 4 is 17.9 Å². The van der Waals surface area contributed by atoms with E-state index in [4.69, 9.17) is 14.2 Å². The van der Waals surface area contributed by atoms with Gasteiger partial charge in [-0.1, -0.05) is 87.0 Å². The lowest BCUT2D eigenvalue weighted by molar-refractivity contribution is -0.174. The molecule has 312 valence electrons. The number of carbonyl (C=O) groups excluding carboxylic acids is 3. The Morgan fingerprint density at radius 3 is 1.68 bits per heavy atom. The molecule has 0 aromatic rings. The van der Waals surface area contributed by atoms with Crippen LogP contribution in [0.3, 0.4) is 0 Å². The van der Waals surface area contributed by atoms with Crippen molar-refractivity contribution in [1.29, 1.82) is 0 Å². The lowest BCUT2D eigenvalue weighted by Crippen LogP contribution is -2.32. The largest absolute Gasteiger partial charge is 0.462 e. The molecule has 0 aromatic carbocycles. The predicted octanol–water partition coefficient (Wildman–Crippen LogP) is 11.7. The van der Waals surface area contributed by atoms with Crippen LogP contribution in [0.1, 0.15) is 170 Å². The molecule has 0 aliphatic heterocycles. The average Bonchev–Trinajstić information content (AvgIpc) is 3.06. The van der Waals surface area contributed by atoms with E-state index < -0.39 is 36.6 Å². The zero-order valence-electron chi connectivity index (χ0n) is 34.7. The maximum absolute atomic E-state index is 14.5. The van der Waals surface area contributed by atoms with Crippen molar-refractivity contribution in [3.05, 3.63) is 11.8 Å². The lowest BCUT2D eigenvalue weighted by atomic mass is 9.96. The zero-order chi connectivity index (χ0) is 40.5. The standard InChI is InChI=1S/C42H75F4NO6/c1-10-35(25-23-32(2)3)30-51-39(49)41(43,44)27-17-13-11-15-20-37(53-38(48)22-19-29-47(8)9)21-16-12-14-18-28-42(45,46)40(50)52-31-36(34(6)7)26-24-33(4)5/h31-35,37H,10-30H2,1-9H3/b36-31-. The van der Waals surface area contributed by atoms with E-state index >= 15 is 0 Å². The molecular formula is C42H75F4NO6. The predicted molar refractivity (Wildman–Crippen MR) is 205 cm³/mol. The van der Waals surface area contributed by atoms with E-state index in [1.807, 2.05) is 39.8 Å². The number of unbranched alkanes of at least 4 members (excludes halogenated alkanes) is 6. The summed E-state index contributed by atoms with van der Waals surface area (Å²) in [6.45, 7) is 15.0. The van der Waals surface area contributed by atoms with Gasteiger partial charge >= 0.3 is 29.8 Å². The molecule has 0 N–H and O–H groups in total. The molecule has 0 saturated heterocycles. The van der Waals surface area contributed by atoms with E-state index in [-0.39, 0.29) is 49.8 Å². The van der Waals surface area contributed by atoms with Gasteiger partial charge in [0.05, 0.1) is 12.9 Å². The molecule has 0 heterocycles. The highest BCUT2D eigenvalue weighted by molar-refractivity contribution is 5.78. The van der Waals surface area contributed by atoms with Gasteiger partial charge in [-0.3, -0.25) is 4.79 Å². The number of nitrogens with zero attached hydrogens (tertiary/aromatic N) is 1. The minimum absolute atomic E-state index is 0.0177. The van der Waals surface area contributed by atoms with Crippen molar-refractivity contribution in [3.63, 3.8) is 0 Å². The Bertz CT molecular complexity index is 1030. The number of rotatable bonds is 32. The Labute approximate surface area is 319 Å². The number of carbonyl (C=O) groups is 3. The molecule has 0 fully saturated rings. The summed E-state index contributed by atoms with van der Waals surface area (Å²) in [7, 11) is 3.86. The van der Waals surface area contributed by atoms with Gasteiger partial charge in [0.25, 0.3) is 0 Å². The lowest BCUT2D eigenvalue weighted by Gasteiger charge is -2.20. The Morgan fingerprint density at radius 2 is 1.19 bits per heavy atom. The van der Waals surface area contributed by atoms with Gasteiger partial charge in [-0.2, -0.15) is 17.6 Å². The Morgan fingerprint density at radius 1 is 0.660 bits per heavy atom. The van der Waals surface area contributed by atoms with Gasteiger partial charge < -0.3 is 19.1 Å². The van der Waals surface area contributed by atoms with Gasteiger partial charge in [0.2, 0.25) is 0 Å². The molecule has 0 aromatic heterocycles. The highest BCUT2D eigenvalue weighted by Gasteiger charge is 2.41. The van der Waals surface area contributed by atoms with Crippen LogP contribution in [-0.4, -0.2) is 68.0 Å². The highest BCUT2D eigenvalue weighted by atomic mass is 19.3. The third kappa shape index (κ3) is 26.3. The first kappa shape index (κ1) is 50.8. The third-order valence-corrected chi connectivity index (χ3v) is 9.66. The molecule has 7 nitrogen and oxygen atoms in total. The van der Waals surface area contributed by atoms with Crippen LogP contribution in [0, 0.1) is 23.7 Å². The van der Waals surface area contributed by atoms with Gasteiger partial charge in [0.15, 0.2) is 0 Å². The summed E-state index contributed by atoms with van der Waals surface area (Å²) in [4.78, 5) is 38.8. The molecule has 2 unspecified atom stereocenters. The van der Waals surface area contributed by atoms with Gasteiger partial charge in [0, 0.05) is 19.3 Å². The van der Waals surface area contributed by atoms with Crippen molar-refractivity contribution in [2.75, 3.05) is 27.2 Å². The first-order valence-electron chi connectivity index (χ1n) is 20.5. The first-order chi connectivity index (χ1) is 24.8. The fraction of sp³-hybridized carbons (Fsp3) is 0.881. The molecule has 0 amide bonds. The smallest absolute Gasteiger partial charge is 0.381 e.